The molecule has 128 valence electrons. The number of fused-ring (bicyclic) bond motifs is 1. The minimum atomic E-state index is -0.0505. The normalized spacial score (nSPS) is 17.9. The number of nitrogens with one attached hydrogen (secondary N) is 1. The van der Waals surface area contributed by atoms with Gasteiger partial charge in [0.1, 0.15) is 10.3 Å². The molecular formula is C18H19N5OS. The zero-order chi connectivity index (χ0) is 17.2. The first-order valence-corrected chi connectivity index (χ1v) is 9.14. The number of carbonyl (C=O) groups is 1. The van der Waals surface area contributed by atoms with Crippen molar-refractivity contribution in [1.82, 2.24) is 25.2 Å². The molecule has 1 atom stereocenters. The summed E-state index contributed by atoms with van der Waals surface area (Å²) in [5.41, 5.74) is 3.14. The number of amides is 1. The van der Waals surface area contributed by atoms with Crippen molar-refractivity contribution >= 4 is 27.6 Å². The Labute approximate surface area is 149 Å². The largest absolute Gasteiger partial charge is 0.354 e. The van der Waals surface area contributed by atoms with E-state index in [-0.39, 0.29) is 5.91 Å². The van der Waals surface area contributed by atoms with Crippen LogP contribution in [-0.2, 0) is 6.54 Å². The van der Waals surface area contributed by atoms with Gasteiger partial charge in [-0.3, -0.25) is 19.7 Å². The second-order valence-corrected chi connectivity index (χ2v) is 7.22. The number of rotatable bonds is 4. The Hall–Kier alpha value is -2.38. The number of nitrogens with zero attached hydrogens (tertiary/aromatic N) is 4. The third-order valence-corrected chi connectivity index (χ3v) is 5.71. The Balaban J connectivity index is 1.62. The number of thiophene rings is 1. The summed E-state index contributed by atoms with van der Waals surface area (Å²) in [6, 6.07) is 4.07. The highest BCUT2D eigenvalue weighted by Gasteiger charge is 2.31. The molecule has 1 saturated heterocycles. The number of pyridine rings is 1. The third kappa shape index (κ3) is 3.12. The summed E-state index contributed by atoms with van der Waals surface area (Å²) in [5, 5.41) is 2.75. The van der Waals surface area contributed by atoms with Crippen molar-refractivity contribution in [1.29, 1.82) is 0 Å². The lowest BCUT2D eigenvalue weighted by atomic mass is 9.97. The number of hydrogen-bond acceptors (Lipinski definition) is 6. The third-order valence-electron chi connectivity index (χ3n) is 4.61. The van der Waals surface area contributed by atoms with E-state index in [4.69, 9.17) is 0 Å². The fourth-order valence-electron chi connectivity index (χ4n) is 3.47. The van der Waals surface area contributed by atoms with Crippen LogP contribution in [0.2, 0.25) is 0 Å². The molecule has 1 unspecified atom stereocenters. The lowest BCUT2D eigenvalue weighted by Crippen LogP contribution is -2.21. The molecule has 25 heavy (non-hydrogen) atoms. The number of aromatic nitrogens is 3. The summed E-state index contributed by atoms with van der Waals surface area (Å²) in [5.74, 6) is 0.250. The highest BCUT2D eigenvalue weighted by atomic mass is 32.1. The van der Waals surface area contributed by atoms with E-state index in [1.807, 2.05) is 12.3 Å². The zero-order valence-electron chi connectivity index (χ0n) is 14.0. The maximum absolute atomic E-state index is 12.4. The van der Waals surface area contributed by atoms with E-state index in [2.05, 4.69) is 31.2 Å². The summed E-state index contributed by atoms with van der Waals surface area (Å²) in [7, 11) is 1.67. The quantitative estimate of drug-likeness (QED) is 0.780. The van der Waals surface area contributed by atoms with E-state index < -0.39 is 0 Å². The Bertz CT molecular complexity index is 895. The molecule has 3 aromatic rings. The molecule has 0 bridgehead atoms. The van der Waals surface area contributed by atoms with Crippen molar-refractivity contribution in [2.45, 2.75) is 18.9 Å². The monoisotopic (exact) mass is 353 g/mol. The molecule has 0 saturated carbocycles. The SMILES string of the molecule is CNC(=O)c1sc2nccnc2c1C1CCN(Cc2cccnc2)C1. The van der Waals surface area contributed by atoms with Crippen LogP contribution in [0.15, 0.2) is 36.9 Å². The van der Waals surface area contributed by atoms with Crippen LogP contribution in [-0.4, -0.2) is 45.9 Å². The molecule has 4 rings (SSSR count). The summed E-state index contributed by atoms with van der Waals surface area (Å²) < 4.78 is 0. The minimum Gasteiger partial charge on any atom is -0.354 e. The van der Waals surface area contributed by atoms with Crippen molar-refractivity contribution in [3.8, 4) is 0 Å². The van der Waals surface area contributed by atoms with Gasteiger partial charge in [0.2, 0.25) is 0 Å². The van der Waals surface area contributed by atoms with Crippen LogP contribution in [0, 0.1) is 0 Å². The van der Waals surface area contributed by atoms with Crippen LogP contribution in [0.4, 0.5) is 0 Å². The molecule has 1 aliphatic heterocycles. The van der Waals surface area contributed by atoms with Crippen LogP contribution in [0.5, 0.6) is 0 Å². The van der Waals surface area contributed by atoms with Crippen molar-refractivity contribution in [2.75, 3.05) is 20.1 Å². The molecule has 1 fully saturated rings. The van der Waals surface area contributed by atoms with Gasteiger partial charge in [0.15, 0.2) is 0 Å². The van der Waals surface area contributed by atoms with Gasteiger partial charge in [-0.1, -0.05) is 6.07 Å². The van der Waals surface area contributed by atoms with E-state index in [1.165, 1.54) is 16.9 Å². The van der Waals surface area contributed by atoms with E-state index in [1.54, 1.807) is 25.6 Å². The average molecular weight is 353 g/mol. The molecule has 1 aliphatic rings. The standard InChI is InChI=1S/C18H19N5OS/c1-19-17(24)16-14(15-18(25-16)22-7-6-21-15)13-4-8-23(11-13)10-12-3-2-5-20-9-12/h2-3,5-7,9,13H,4,8,10-11H2,1H3,(H,19,24). The summed E-state index contributed by atoms with van der Waals surface area (Å²) in [6.07, 6.45) is 8.11. The van der Waals surface area contributed by atoms with Gasteiger partial charge >= 0.3 is 0 Å². The molecule has 0 aromatic carbocycles. The van der Waals surface area contributed by atoms with Gasteiger partial charge in [-0.25, -0.2) is 4.98 Å². The average Bonchev–Trinajstić information content (AvgIpc) is 3.26. The summed E-state index contributed by atoms with van der Waals surface area (Å²) in [4.78, 5) is 29.4. The van der Waals surface area contributed by atoms with Gasteiger partial charge in [0.05, 0.1) is 4.88 Å². The highest BCUT2D eigenvalue weighted by Crippen LogP contribution is 2.38. The number of hydrogen-bond donors (Lipinski definition) is 1. The van der Waals surface area contributed by atoms with Crippen LogP contribution in [0.25, 0.3) is 10.3 Å². The maximum atomic E-state index is 12.4. The van der Waals surface area contributed by atoms with E-state index in [0.717, 1.165) is 46.8 Å². The predicted octanol–water partition coefficient (Wildman–Crippen LogP) is 2.44. The molecule has 0 radical (unpaired) electrons. The van der Waals surface area contributed by atoms with Gasteiger partial charge < -0.3 is 5.32 Å². The van der Waals surface area contributed by atoms with Gasteiger partial charge in [-0.15, -0.1) is 11.3 Å². The fraction of sp³-hybridized carbons (Fsp3) is 0.333. The first-order chi connectivity index (χ1) is 12.3. The number of carbonyl (C=O) groups excluding carboxylic acids is 1. The lowest BCUT2D eigenvalue weighted by molar-refractivity contribution is 0.0966. The molecule has 1 N–H and O–H groups in total. The van der Waals surface area contributed by atoms with Crippen LogP contribution >= 0.6 is 11.3 Å². The maximum Gasteiger partial charge on any atom is 0.261 e. The van der Waals surface area contributed by atoms with Gasteiger partial charge in [0, 0.05) is 56.4 Å². The van der Waals surface area contributed by atoms with Gasteiger partial charge in [0.25, 0.3) is 5.91 Å². The zero-order valence-corrected chi connectivity index (χ0v) is 14.8. The Morgan fingerprint density at radius 1 is 1.36 bits per heavy atom. The molecule has 3 aromatic heterocycles. The number of likely N-dealkylation sites (tertiary alicyclic amines) is 1. The topological polar surface area (TPSA) is 71.0 Å². The van der Waals surface area contributed by atoms with Crippen LogP contribution in [0.3, 0.4) is 0 Å². The molecular weight excluding hydrogens is 334 g/mol. The second kappa shape index (κ2) is 6.85. The molecule has 7 heteroatoms. The van der Waals surface area contributed by atoms with Crippen LogP contribution in [0.1, 0.15) is 33.1 Å². The van der Waals surface area contributed by atoms with Crippen molar-refractivity contribution in [2.24, 2.45) is 0 Å². The Kier molecular flexibility index (Phi) is 4.42. The van der Waals surface area contributed by atoms with E-state index in [0.29, 0.717) is 5.92 Å². The first kappa shape index (κ1) is 16.1. The summed E-state index contributed by atoms with van der Waals surface area (Å²) in [6.45, 7) is 2.80. The minimum absolute atomic E-state index is 0.0505. The Morgan fingerprint density at radius 3 is 3.04 bits per heavy atom. The van der Waals surface area contributed by atoms with Gasteiger partial charge in [-0.05, 0) is 24.6 Å². The second-order valence-electron chi connectivity index (χ2n) is 6.22. The van der Waals surface area contributed by atoms with Crippen LogP contribution < -0.4 is 5.32 Å². The van der Waals surface area contributed by atoms with Crippen molar-refractivity contribution in [3.63, 3.8) is 0 Å². The molecule has 0 spiro atoms. The van der Waals surface area contributed by atoms with Crippen molar-refractivity contribution in [3.05, 3.63) is 52.9 Å². The molecule has 4 heterocycles. The summed E-state index contributed by atoms with van der Waals surface area (Å²) >= 11 is 1.43. The van der Waals surface area contributed by atoms with Gasteiger partial charge in [-0.2, -0.15) is 0 Å². The van der Waals surface area contributed by atoms with Crippen molar-refractivity contribution < 1.29 is 4.79 Å². The smallest absolute Gasteiger partial charge is 0.261 e. The molecule has 6 nitrogen and oxygen atoms in total. The Morgan fingerprint density at radius 2 is 2.24 bits per heavy atom. The first-order valence-electron chi connectivity index (χ1n) is 8.33. The fourth-order valence-corrected chi connectivity index (χ4v) is 4.60. The molecule has 1 amide bonds. The van der Waals surface area contributed by atoms with E-state index >= 15 is 0 Å². The van der Waals surface area contributed by atoms with E-state index in [9.17, 15) is 4.79 Å². The molecule has 0 aliphatic carbocycles. The lowest BCUT2D eigenvalue weighted by Gasteiger charge is -2.16. The predicted molar refractivity (Wildman–Crippen MR) is 97.7 cm³/mol. The highest BCUT2D eigenvalue weighted by molar-refractivity contribution is 7.20.